The van der Waals surface area contributed by atoms with Gasteiger partial charge in [0.25, 0.3) is 0 Å². The molecule has 2 atom stereocenters. The summed E-state index contributed by atoms with van der Waals surface area (Å²) in [5, 5.41) is 2.97. The van der Waals surface area contributed by atoms with Crippen molar-refractivity contribution >= 4 is 45.0 Å². The fraction of sp³-hybridized carbons (Fsp3) is 0.300. The highest BCUT2D eigenvalue weighted by Crippen LogP contribution is 2.29. The second-order valence-electron chi connectivity index (χ2n) is 7.03. The smallest absolute Gasteiger partial charge is 0.243 e. The van der Waals surface area contributed by atoms with E-state index in [0.717, 1.165) is 9.87 Å². The van der Waals surface area contributed by atoms with E-state index in [1.54, 1.807) is 0 Å². The van der Waals surface area contributed by atoms with Crippen molar-refractivity contribution < 1.29 is 18.0 Å². The van der Waals surface area contributed by atoms with Crippen molar-refractivity contribution in [3.63, 3.8) is 0 Å². The average Bonchev–Trinajstić information content (AvgIpc) is 3.18. The van der Waals surface area contributed by atoms with E-state index in [2.05, 4.69) is 5.32 Å². The van der Waals surface area contributed by atoms with Crippen molar-refractivity contribution in [1.82, 2.24) is 9.62 Å². The molecule has 3 N–H and O–H groups in total. The van der Waals surface area contributed by atoms with Gasteiger partial charge in [-0.25, -0.2) is 8.42 Å². The molecule has 1 aliphatic heterocycles. The molecular weight excluding hydrogens is 449 g/mol. The highest BCUT2D eigenvalue weighted by molar-refractivity contribution is 7.89. The second kappa shape index (κ2) is 9.34. The zero-order chi connectivity index (χ0) is 21.9. The van der Waals surface area contributed by atoms with Crippen LogP contribution in [-0.2, 0) is 26.0 Å². The van der Waals surface area contributed by atoms with Gasteiger partial charge in [0.2, 0.25) is 21.8 Å². The molecule has 1 fully saturated rings. The van der Waals surface area contributed by atoms with E-state index in [-0.39, 0.29) is 27.9 Å². The average molecular weight is 470 g/mol. The van der Waals surface area contributed by atoms with Crippen LogP contribution in [0.25, 0.3) is 0 Å². The Bertz CT molecular complexity index is 1030. The predicted octanol–water partition coefficient (Wildman–Crippen LogP) is 2.36. The summed E-state index contributed by atoms with van der Waals surface area (Å²) >= 11 is 11.9. The van der Waals surface area contributed by atoms with Crippen LogP contribution in [-0.4, -0.2) is 43.2 Å². The van der Waals surface area contributed by atoms with E-state index in [1.807, 2.05) is 30.3 Å². The summed E-state index contributed by atoms with van der Waals surface area (Å²) in [4.78, 5) is 24.7. The molecule has 0 bridgehead atoms. The lowest BCUT2D eigenvalue weighted by Crippen LogP contribution is -2.52. The van der Waals surface area contributed by atoms with Gasteiger partial charge in [-0.2, -0.15) is 4.31 Å². The predicted molar refractivity (Wildman–Crippen MR) is 115 cm³/mol. The molecule has 7 nitrogen and oxygen atoms in total. The molecule has 2 amide bonds. The first-order valence-electron chi connectivity index (χ1n) is 9.30. The van der Waals surface area contributed by atoms with Crippen molar-refractivity contribution in [2.45, 2.75) is 36.2 Å². The van der Waals surface area contributed by atoms with Crippen molar-refractivity contribution in [3.05, 3.63) is 64.1 Å². The molecule has 0 saturated carbocycles. The quantitative estimate of drug-likeness (QED) is 0.648. The number of nitrogens with two attached hydrogens (primary N) is 1. The molecule has 3 rings (SSSR count). The van der Waals surface area contributed by atoms with Crippen molar-refractivity contribution in [2.24, 2.45) is 5.73 Å². The molecule has 10 heteroatoms. The summed E-state index contributed by atoms with van der Waals surface area (Å²) < 4.78 is 27.3. The van der Waals surface area contributed by atoms with Crippen LogP contribution < -0.4 is 11.1 Å². The summed E-state index contributed by atoms with van der Waals surface area (Å²) in [5.74, 6) is -1.26. The minimum absolute atomic E-state index is 0.0876. The number of hydrogen-bond donors (Lipinski definition) is 2. The van der Waals surface area contributed by atoms with E-state index in [9.17, 15) is 18.0 Å². The van der Waals surface area contributed by atoms with Gasteiger partial charge in [0.1, 0.15) is 12.1 Å². The summed E-state index contributed by atoms with van der Waals surface area (Å²) in [6, 6.07) is 11.2. The molecule has 0 aromatic heterocycles. The lowest BCUT2D eigenvalue weighted by Gasteiger charge is -2.25. The van der Waals surface area contributed by atoms with E-state index in [1.165, 1.54) is 18.2 Å². The number of sulfonamides is 1. The van der Waals surface area contributed by atoms with Crippen LogP contribution in [0.1, 0.15) is 18.4 Å². The normalized spacial score (nSPS) is 18.1. The minimum atomic E-state index is -4.01. The molecule has 2 aromatic carbocycles. The van der Waals surface area contributed by atoms with Crippen LogP contribution in [0.15, 0.2) is 53.4 Å². The van der Waals surface area contributed by atoms with Crippen molar-refractivity contribution in [2.75, 3.05) is 6.54 Å². The van der Waals surface area contributed by atoms with Gasteiger partial charge in [-0.1, -0.05) is 53.5 Å². The van der Waals surface area contributed by atoms with Gasteiger partial charge >= 0.3 is 0 Å². The second-order valence-corrected chi connectivity index (χ2v) is 9.80. The topological polar surface area (TPSA) is 110 Å². The van der Waals surface area contributed by atoms with E-state index in [0.29, 0.717) is 12.8 Å². The van der Waals surface area contributed by atoms with Crippen molar-refractivity contribution in [1.29, 1.82) is 0 Å². The third-order valence-corrected chi connectivity index (χ3v) is 7.21. The lowest BCUT2D eigenvalue weighted by atomic mass is 10.0. The Labute approximate surface area is 185 Å². The molecule has 0 unspecified atom stereocenters. The van der Waals surface area contributed by atoms with E-state index in [4.69, 9.17) is 28.9 Å². The fourth-order valence-electron chi connectivity index (χ4n) is 3.44. The van der Waals surface area contributed by atoms with Gasteiger partial charge in [0.15, 0.2) is 0 Å². The monoisotopic (exact) mass is 469 g/mol. The first kappa shape index (κ1) is 22.6. The molecule has 0 aliphatic carbocycles. The van der Waals surface area contributed by atoms with Crippen LogP contribution in [0, 0.1) is 0 Å². The highest BCUT2D eigenvalue weighted by atomic mass is 35.5. The number of carbonyl (C=O) groups is 2. The molecule has 1 heterocycles. The summed E-state index contributed by atoms with van der Waals surface area (Å²) in [6.45, 7) is 0.171. The third-order valence-electron chi connectivity index (χ3n) is 4.89. The number of carbonyl (C=O) groups excluding carboxylic acids is 2. The van der Waals surface area contributed by atoms with E-state index >= 15 is 0 Å². The van der Waals surface area contributed by atoms with Crippen molar-refractivity contribution in [3.8, 4) is 0 Å². The number of benzene rings is 2. The first-order chi connectivity index (χ1) is 14.2. The number of nitrogens with one attached hydrogen (secondary N) is 1. The van der Waals surface area contributed by atoms with Gasteiger partial charge in [0, 0.05) is 23.0 Å². The summed E-state index contributed by atoms with van der Waals surface area (Å²) in [7, 11) is -4.01. The Morgan fingerprint density at radius 2 is 1.77 bits per heavy atom. The van der Waals surface area contributed by atoms with Gasteiger partial charge in [-0.15, -0.1) is 0 Å². The molecule has 0 radical (unpaired) electrons. The van der Waals surface area contributed by atoms with Crippen LogP contribution in [0.4, 0.5) is 0 Å². The Hall–Kier alpha value is -2.13. The number of hydrogen-bond acceptors (Lipinski definition) is 4. The Morgan fingerprint density at radius 1 is 1.13 bits per heavy atom. The van der Waals surface area contributed by atoms with Gasteiger partial charge in [-0.3, -0.25) is 9.59 Å². The molecule has 2 aromatic rings. The zero-order valence-electron chi connectivity index (χ0n) is 15.9. The summed E-state index contributed by atoms with van der Waals surface area (Å²) in [6.07, 6.45) is 1.05. The number of amides is 2. The third kappa shape index (κ3) is 5.13. The maximum Gasteiger partial charge on any atom is 0.243 e. The van der Waals surface area contributed by atoms with Crippen LogP contribution in [0.3, 0.4) is 0 Å². The highest BCUT2D eigenvalue weighted by Gasteiger charge is 2.40. The number of primary amides is 1. The number of halogens is 2. The number of nitrogens with zero attached hydrogens (tertiary/aromatic N) is 1. The maximum absolute atomic E-state index is 13.1. The molecule has 0 spiro atoms. The van der Waals surface area contributed by atoms with E-state index < -0.39 is 33.9 Å². The fourth-order valence-corrected chi connectivity index (χ4v) is 5.83. The maximum atomic E-state index is 13.1. The lowest BCUT2D eigenvalue weighted by molar-refractivity contribution is -0.129. The van der Waals surface area contributed by atoms with Crippen LogP contribution >= 0.6 is 23.2 Å². The largest absolute Gasteiger partial charge is 0.368 e. The molecule has 30 heavy (non-hydrogen) atoms. The standard InChI is InChI=1S/C20H21Cl2N3O4S/c21-14-10-15(22)12-16(11-14)30(28,29)25-8-4-7-18(25)20(27)24-17(19(23)26)9-13-5-2-1-3-6-13/h1-3,5-6,10-12,17-18H,4,7-9H2,(H2,23,26)(H,24,27)/t17-,18-/m0/s1. The molecule has 1 aliphatic rings. The molecule has 160 valence electrons. The first-order valence-corrected chi connectivity index (χ1v) is 11.5. The van der Waals surface area contributed by atoms with Crippen LogP contribution in [0.5, 0.6) is 0 Å². The van der Waals surface area contributed by atoms with Gasteiger partial charge in [-0.05, 0) is 36.6 Å². The Morgan fingerprint density at radius 3 is 2.37 bits per heavy atom. The zero-order valence-corrected chi connectivity index (χ0v) is 18.3. The summed E-state index contributed by atoms with van der Waals surface area (Å²) in [5.41, 5.74) is 6.29. The molecular formula is C20H21Cl2N3O4S. The minimum Gasteiger partial charge on any atom is -0.368 e. The van der Waals surface area contributed by atoms with Gasteiger partial charge in [0.05, 0.1) is 4.90 Å². The Kier molecular flexibility index (Phi) is 7.02. The van der Waals surface area contributed by atoms with Gasteiger partial charge < -0.3 is 11.1 Å². The SMILES string of the molecule is NC(=O)[C@H](Cc1ccccc1)NC(=O)[C@@H]1CCCN1S(=O)(=O)c1cc(Cl)cc(Cl)c1. The molecule has 1 saturated heterocycles. The van der Waals surface area contributed by atoms with Crippen LogP contribution in [0.2, 0.25) is 10.0 Å². The number of rotatable bonds is 7. The Balaban J connectivity index is 1.79.